The van der Waals surface area contributed by atoms with E-state index in [0.717, 1.165) is 63.8 Å². The van der Waals surface area contributed by atoms with Crippen LogP contribution < -0.4 is 4.74 Å². The molecule has 4 aromatic carbocycles. The van der Waals surface area contributed by atoms with Crippen LogP contribution in [0.4, 0.5) is 0 Å². The molecule has 0 N–H and O–H groups in total. The predicted octanol–water partition coefficient (Wildman–Crippen LogP) is 11.8. The zero-order valence-electron chi connectivity index (χ0n) is 31.8. The van der Waals surface area contributed by atoms with E-state index in [1.54, 1.807) is 0 Å². The number of hydrogen-bond acceptors (Lipinski definition) is 3. The molecule has 52 heavy (non-hydrogen) atoms. The van der Waals surface area contributed by atoms with Gasteiger partial charge < -0.3 is 9.30 Å². The van der Waals surface area contributed by atoms with Gasteiger partial charge in [-0.25, -0.2) is 4.98 Å². The zero-order valence-corrected chi connectivity index (χ0v) is 33.3. The Kier molecular flexibility index (Phi) is 10.6. The Bertz CT molecular complexity index is 2370. The van der Waals surface area contributed by atoms with Gasteiger partial charge in [0.15, 0.2) is 0 Å². The Hall–Kier alpha value is -4.50. The first-order valence-corrected chi connectivity index (χ1v) is 18.2. The number of para-hydroxylation sites is 1. The molecule has 0 amide bonds. The van der Waals surface area contributed by atoms with E-state index in [1.165, 1.54) is 33.5 Å². The fourth-order valence-electron chi connectivity index (χ4n) is 7.33. The SMILES string of the molecule is CCCc1ccnc(-n2c3[c-]c(Oc4[c-]c(-n5nc(C)c(-c6c(C)cccc6C)c5CC(C)C)cc(C(C)(C)C)c4)ccc3c3ccccc32)c1.[Pd+2]. The van der Waals surface area contributed by atoms with Gasteiger partial charge in [-0.3, -0.25) is 4.68 Å². The molecule has 7 rings (SSSR count). The minimum Gasteiger partial charge on any atom is -0.509 e. The summed E-state index contributed by atoms with van der Waals surface area (Å²) in [6, 6.07) is 35.1. The van der Waals surface area contributed by atoms with Crippen LogP contribution in [-0.4, -0.2) is 19.3 Å². The first-order chi connectivity index (χ1) is 24.4. The van der Waals surface area contributed by atoms with E-state index in [9.17, 15) is 0 Å². The Morgan fingerprint density at radius 2 is 1.56 bits per heavy atom. The molecule has 0 spiro atoms. The zero-order chi connectivity index (χ0) is 36.0. The molecule has 7 aromatic rings. The van der Waals surface area contributed by atoms with Crippen molar-refractivity contribution in [3.05, 3.63) is 131 Å². The molecule has 0 radical (unpaired) electrons. The molecule has 3 heterocycles. The van der Waals surface area contributed by atoms with Crippen LogP contribution in [0, 0.1) is 38.8 Å². The molecule has 0 aliphatic heterocycles. The number of fused-ring (bicyclic) bond motifs is 3. The van der Waals surface area contributed by atoms with Gasteiger partial charge in [0.2, 0.25) is 0 Å². The standard InChI is InChI=1S/C46H48N4O.Pd/c1-10-14-33-21-22-47-43(24-33)49-40-18-12-11-17-38(40)39-20-19-36(28-41(39)49)51-37-26-34(46(7,8)9)25-35(27-37)50-42(23-29(2)3)45(32(6)48-50)44-30(4)15-13-16-31(44)5;/h11-13,15-22,24-26,29H,10,14,23H2,1-9H3;/q-2;+2. The summed E-state index contributed by atoms with van der Waals surface area (Å²) in [7, 11) is 0. The molecule has 0 atom stereocenters. The number of aromatic nitrogens is 4. The van der Waals surface area contributed by atoms with Crippen LogP contribution in [0.3, 0.4) is 0 Å². The van der Waals surface area contributed by atoms with Gasteiger partial charge in [0.05, 0.1) is 11.4 Å². The van der Waals surface area contributed by atoms with Crippen LogP contribution in [-0.2, 0) is 38.7 Å². The van der Waals surface area contributed by atoms with Crippen molar-refractivity contribution in [1.29, 1.82) is 0 Å². The van der Waals surface area contributed by atoms with Crippen LogP contribution >= 0.6 is 0 Å². The maximum atomic E-state index is 6.73. The molecule has 3 aromatic heterocycles. The molecule has 0 unspecified atom stereocenters. The minimum absolute atomic E-state index is 0. The summed E-state index contributed by atoms with van der Waals surface area (Å²) in [6.45, 7) is 20.0. The Morgan fingerprint density at radius 1 is 0.808 bits per heavy atom. The summed E-state index contributed by atoms with van der Waals surface area (Å²) in [6.07, 6.45) is 4.88. The number of nitrogens with zero attached hydrogens (tertiary/aromatic N) is 4. The number of aryl methyl sites for hydroxylation is 4. The molecular weight excluding hydrogens is 731 g/mol. The van der Waals surface area contributed by atoms with Gasteiger partial charge in [0, 0.05) is 28.8 Å². The van der Waals surface area contributed by atoms with Crippen molar-refractivity contribution >= 4 is 21.8 Å². The molecular formula is C46H48N4OPd. The second-order valence-corrected chi connectivity index (χ2v) is 15.4. The fraction of sp³-hybridized carbons (Fsp3) is 0.304. The monoisotopic (exact) mass is 778 g/mol. The van der Waals surface area contributed by atoms with Crippen molar-refractivity contribution < 1.29 is 25.2 Å². The largest absolute Gasteiger partial charge is 2.00 e. The van der Waals surface area contributed by atoms with Crippen LogP contribution in [0.1, 0.15) is 81.6 Å². The van der Waals surface area contributed by atoms with E-state index in [2.05, 4.69) is 156 Å². The van der Waals surface area contributed by atoms with E-state index in [-0.39, 0.29) is 25.8 Å². The Morgan fingerprint density at radius 3 is 2.27 bits per heavy atom. The van der Waals surface area contributed by atoms with Crippen molar-refractivity contribution in [2.45, 2.75) is 87.0 Å². The predicted molar refractivity (Wildman–Crippen MR) is 211 cm³/mol. The van der Waals surface area contributed by atoms with E-state index in [4.69, 9.17) is 14.8 Å². The van der Waals surface area contributed by atoms with Gasteiger partial charge in [-0.15, -0.1) is 41.3 Å². The van der Waals surface area contributed by atoms with Crippen molar-refractivity contribution in [2.24, 2.45) is 5.92 Å². The van der Waals surface area contributed by atoms with Gasteiger partial charge >= 0.3 is 20.4 Å². The van der Waals surface area contributed by atoms with Gasteiger partial charge in [0.1, 0.15) is 5.82 Å². The van der Waals surface area contributed by atoms with Crippen molar-refractivity contribution in [2.75, 3.05) is 0 Å². The summed E-state index contributed by atoms with van der Waals surface area (Å²) in [5.74, 6) is 2.58. The molecule has 0 saturated heterocycles. The number of pyridine rings is 1. The summed E-state index contributed by atoms with van der Waals surface area (Å²) < 4.78 is 11.0. The van der Waals surface area contributed by atoms with Gasteiger partial charge in [-0.1, -0.05) is 89.9 Å². The van der Waals surface area contributed by atoms with E-state index >= 15 is 0 Å². The summed E-state index contributed by atoms with van der Waals surface area (Å²) >= 11 is 0. The maximum absolute atomic E-state index is 6.73. The third kappa shape index (κ3) is 7.12. The quantitative estimate of drug-likeness (QED) is 0.108. The molecule has 0 fully saturated rings. The van der Waals surface area contributed by atoms with Gasteiger partial charge in [-0.05, 0) is 96.5 Å². The maximum Gasteiger partial charge on any atom is 2.00 e. The minimum atomic E-state index is -0.132. The third-order valence-electron chi connectivity index (χ3n) is 9.77. The topological polar surface area (TPSA) is 44.9 Å². The van der Waals surface area contributed by atoms with E-state index in [0.29, 0.717) is 17.4 Å². The average molecular weight is 779 g/mol. The van der Waals surface area contributed by atoms with E-state index in [1.807, 2.05) is 12.3 Å². The van der Waals surface area contributed by atoms with Crippen LogP contribution in [0.2, 0.25) is 0 Å². The summed E-state index contributed by atoms with van der Waals surface area (Å²) in [5, 5.41) is 7.48. The van der Waals surface area contributed by atoms with Crippen LogP contribution in [0.15, 0.2) is 85.1 Å². The fourth-order valence-corrected chi connectivity index (χ4v) is 7.33. The summed E-state index contributed by atoms with van der Waals surface area (Å²) in [5.41, 5.74) is 12.4. The van der Waals surface area contributed by atoms with E-state index < -0.39 is 0 Å². The van der Waals surface area contributed by atoms with Crippen LogP contribution in [0.25, 0.3) is 44.4 Å². The smallest absolute Gasteiger partial charge is 0.509 e. The second-order valence-electron chi connectivity index (χ2n) is 15.4. The summed E-state index contributed by atoms with van der Waals surface area (Å²) in [4.78, 5) is 4.82. The van der Waals surface area contributed by atoms with Crippen molar-refractivity contribution in [1.82, 2.24) is 19.3 Å². The first kappa shape index (κ1) is 37.3. The molecule has 0 saturated carbocycles. The molecule has 5 nitrogen and oxygen atoms in total. The first-order valence-electron chi connectivity index (χ1n) is 18.2. The number of rotatable bonds is 9. The Labute approximate surface area is 322 Å². The average Bonchev–Trinajstić information content (AvgIpc) is 3.58. The molecule has 0 aliphatic rings. The molecule has 0 bridgehead atoms. The Balaban J connectivity index is 0.00000464. The second kappa shape index (κ2) is 14.9. The number of hydrogen-bond donors (Lipinski definition) is 0. The third-order valence-corrected chi connectivity index (χ3v) is 9.77. The number of benzene rings is 4. The van der Waals surface area contributed by atoms with Crippen molar-refractivity contribution in [3.8, 4) is 34.1 Å². The molecule has 6 heteroatoms. The van der Waals surface area contributed by atoms with Crippen LogP contribution in [0.5, 0.6) is 11.5 Å². The normalized spacial score (nSPS) is 11.8. The van der Waals surface area contributed by atoms with Crippen molar-refractivity contribution in [3.63, 3.8) is 0 Å². The molecule has 0 aliphatic carbocycles. The van der Waals surface area contributed by atoms with Gasteiger partial charge in [0.25, 0.3) is 0 Å². The molecule has 268 valence electrons. The number of ether oxygens (including phenoxy) is 1. The van der Waals surface area contributed by atoms with Gasteiger partial charge in [-0.2, -0.15) is 11.2 Å².